The fourth-order valence-electron chi connectivity index (χ4n) is 1.68. The van der Waals surface area contributed by atoms with Crippen LogP contribution in [0.5, 0.6) is 5.75 Å². The number of ether oxygens (including phenoxy) is 2. The van der Waals surface area contributed by atoms with Crippen molar-refractivity contribution in [3.63, 3.8) is 0 Å². The smallest absolute Gasteiger partial charge is 0.322 e. The van der Waals surface area contributed by atoms with Crippen LogP contribution in [0.4, 0.5) is 0 Å². The Kier molecular flexibility index (Phi) is 6.92. The Balaban J connectivity index is 2.40. The highest BCUT2D eigenvalue weighted by Gasteiger charge is 2.17. The van der Waals surface area contributed by atoms with E-state index in [1.165, 1.54) is 7.11 Å². The number of likely N-dealkylation sites (N-methyl/N-ethyl adjacent to an activating group) is 1. The first-order valence-corrected chi connectivity index (χ1v) is 6.35. The van der Waals surface area contributed by atoms with Crippen LogP contribution in [-0.2, 0) is 16.1 Å². The van der Waals surface area contributed by atoms with E-state index < -0.39 is 0 Å². The first-order chi connectivity index (χ1) is 9.21. The predicted molar refractivity (Wildman–Crippen MR) is 72.0 cm³/mol. The van der Waals surface area contributed by atoms with Gasteiger partial charge >= 0.3 is 5.97 Å². The van der Waals surface area contributed by atoms with Crippen molar-refractivity contribution in [2.75, 3.05) is 20.3 Å². The molecule has 1 rings (SSSR count). The van der Waals surface area contributed by atoms with Gasteiger partial charge in [0.25, 0.3) is 0 Å². The normalized spacial score (nSPS) is 11.9. The maximum absolute atomic E-state index is 11.5. The van der Waals surface area contributed by atoms with E-state index in [4.69, 9.17) is 14.6 Å². The first kappa shape index (κ1) is 15.5. The van der Waals surface area contributed by atoms with Gasteiger partial charge in [0.1, 0.15) is 11.8 Å². The Hall–Kier alpha value is -1.59. The molecule has 106 valence electrons. The van der Waals surface area contributed by atoms with E-state index in [2.05, 4.69) is 5.32 Å². The van der Waals surface area contributed by atoms with Crippen molar-refractivity contribution in [3.8, 4) is 5.75 Å². The van der Waals surface area contributed by atoms with Gasteiger partial charge in [0.05, 0.1) is 20.3 Å². The summed E-state index contributed by atoms with van der Waals surface area (Å²) in [6.07, 6.45) is 0.544. The van der Waals surface area contributed by atoms with E-state index in [1.54, 1.807) is 24.3 Å². The topological polar surface area (TPSA) is 67.8 Å². The van der Waals surface area contributed by atoms with Crippen LogP contribution in [0.2, 0.25) is 0 Å². The molecule has 2 N–H and O–H groups in total. The summed E-state index contributed by atoms with van der Waals surface area (Å²) in [6, 6.07) is 6.86. The average molecular weight is 267 g/mol. The lowest BCUT2D eigenvalue weighted by Gasteiger charge is -2.15. The minimum Gasteiger partial charge on any atom is -0.494 e. The van der Waals surface area contributed by atoms with Gasteiger partial charge in [-0.2, -0.15) is 0 Å². The standard InChI is InChI=1S/C14H21NO4/c1-3-15-13(14(17)18-2)8-9-19-12-6-4-11(10-16)5-7-12/h4-7,13,15-16H,3,8-10H2,1-2H3. The number of aliphatic hydroxyl groups excluding tert-OH is 1. The number of aliphatic hydroxyl groups is 1. The molecule has 1 aromatic carbocycles. The number of hydrogen-bond donors (Lipinski definition) is 2. The number of esters is 1. The molecule has 0 aliphatic heterocycles. The van der Waals surface area contributed by atoms with Gasteiger partial charge in [0, 0.05) is 6.42 Å². The Morgan fingerprint density at radius 3 is 2.58 bits per heavy atom. The van der Waals surface area contributed by atoms with Gasteiger partial charge in [0.15, 0.2) is 0 Å². The molecule has 0 aliphatic rings. The van der Waals surface area contributed by atoms with Gasteiger partial charge in [-0.15, -0.1) is 0 Å². The molecule has 1 unspecified atom stereocenters. The molecule has 0 saturated carbocycles. The van der Waals surface area contributed by atoms with E-state index in [1.807, 2.05) is 6.92 Å². The van der Waals surface area contributed by atoms with E-state index in [0.717, 1.165) is 11.3 Å². The van der Waals surface area contributed by atoms with Crippen molar-refractivity contribution in [2.45, 2.75) is 26.0 Å². The van der Waals surface area contributed by atoms with Crippen LogP contribution >= 0.6 is 0 Å². The van der Waals surface area contributed by atoms with Crippen molar-refractivity contribution in [1.29, 1.82) is 0 Å². The fourth-order valence-corrected chi connectivity index (χ4v) is 1.68. The van der Waals surface area contributed by atoms with Crippen LogP contribution in [0.3, 0.4) is 0 Å². The number of rotatable bonds is 8. The van der Waals surface area contributed by atoms with Gasteiger partial charge in [-0.1, -0.05) is 19.1 Å². The van der Waals surface area contributed by atoms with Crippen molar-refractivity contribution >= 4 is 5.97 Å². The number of carbonyl (C=O) groups excluding carboxylic acids is 1. The molecule has 0 aliphatic carbocycles. The average Bonchev–Trinajstić information content (AvgIpc) is 2.46. The summed E-state index contributed by atoms with van der Waals surface area (Å²) in [5.74, 6) is 0.443. The summed E-state index contributed by atoms with van der Waals surface area (Å²) in [5.41, 5.74) is 0.840. The lowest BCUT2D eigenvalue weighted by atomic mass is 10.2. The summed E-state index contributed by atoms with van der Waals surface area (Å²) in [4.78, 5) is 11.5. The number of carbonyl (C=O) groups is 1. The number of benzene rings is 1. The molecule has 5 heteroatoms. The van der Waals surface area contributed by atoms with Crippen LogP contribution in [0.1, 0.15) is 18.9 Å². The first-order valence-electron chi connectivity index (χ1n) is 6.35. The van der Waals surface area contributed by atoms with Crippen LogP contribution in [0, 0.1) is 0 Å². The van der Waals surface area contributed by atoms with Crippen LogP contribution in [0.15, 0.2) is 24.3 Å². The van der Waals surface area contributed by atoms with Gasteiger partial charge in [-0.05, 0) is 24.2 Å². The van der Waals surface area contributed by atoms with Gasteiger partial charge < -0.3 is 19.9 Å². The Morgan fingerprint density at radius 2 is 2.05 bits per heavy atom. The van der Waals surface area contributed by atoms with Gasteiger partial charge in [-0.25, -0.2) is 0 Å². The van der Waals surface area contributed by atoms with Crippen molar-refractivity contribution in [1.82, 2.24) is 5.32 Å². The second-order valence-corrected chi connectivity index (χ2v) is 4.07. The summed E-state index contributed by atoms with van der Waals surface area (Å²) in [5, 5.41) is 12.0. The third kappa shape index (κ3) is 5.28. The minimum atomic E-state index is -0.341. The van der Waals surface area contributed by atoms with E-state index in [0.29, 0.717) is 19.6 Å². The van der Waals surface area contributed by atoms with Crippen LogP contribution < -0.4 is 10.1 Å². The van der Waals surface area contributed by atoms with Crippen LogP contribution in [-0.4, -0.2) is 37.4 Å². The summed E-state index contributed by atoms with van der Waals surface area (Å²) >= 11 is 0. The lowest BCUT2D eigenvalue weighted by Crippen LogP contribution is -2.38. The van der Waals surface area contributed by atoms with E-state index in [9.17, 15) is 4.79 Å². The number of nitrogens with one attached hydrogen (secondary N) is 1. The zero-order chi connectivity index (χ0) is 14.1. The Labute approximate surface area is 113 Å². The largest absolute Gasteiger partial charge is 0.494 e. The highest BCUT2D eigenvalue weighted by Crippen LogP contribution is 2.12. The monoisotopic (exact) mass is 267 g/mol. The van der Waals surface area contributed by atoms with Gasteiger partial charge in [-0.3, -0.25) is 4.79 Å². The molecule has 1 atom stereocenters. The predicted octanol–water partition coefficient (Wildman–Crippen LogP) is 1.10. The number of hydrogen-bond acceptors (Lipinski definition) is 5. The Morgan fingerprint density at radius 1 is 1.37 bits per heavy atom. The molecular formula is C14H21NO4. The summed E-state index contributed by atoms with van der Waals surface area (Å²) in [6.45, 7) is 3.08. The van der Waals surface area contributed by atoms with Crippen molar-refractivity contribution < 1.29 is 19.4 Å². The third-order valence-electron chi connectivity index (χ3n) is 2.72. The number of methoxy groups -OCH3 is 1. The summed E-state index contributed by atoms with van der Waals surface area (Å²) in [7, 11) is 1.38. The molecule has 5 nitrogen and oxygen atoms in total. The zero-order valence-corrected chi connectivity index (χ0v) is 11.4. The maximum Gasteiger partial charge on any atom is 0.322 e. The van der Waals surface area contributed by atoms with E-state index >= 15 is 0 Å². The molecule has 0 spiro atoms. The molecule has 19 heavy (non-hydrogen) atoms. The second kappa shape index (κ2) is 8.50. The van der Waals surface area contributed by atoms with Gasteiger partial charge in [0.2, 0.25) is 0 Å². The highest BCUT2D eigenvalue weighted by molar-refractivity contribution is 5.75. The van der Waals surface area contributed by atoms with Crippen molar-refractivity contribution in [2.24, 2.45) is 0 Å². The molecule has 0 saturated heterocycles. The molecule has 1 aromatic rings. The van der Waals surface area contributed by atoms with Crippen LogP contribution in [0.25, 0.3) is 0 Å². The Bertz CT molecular complexity index is 378. The van der Waals surface area contributed by atoms with E-state index in [-0.39, 0.29) is 18.6 Å². The third-order valence-corrected chi connectivity index (χ3v) is 2.72. The minimum absolute atomic E-state index is 0.0190. The molecule has 0 amide bonds. The summed E-state index contributed by atoms with van der Waals surface area (Å²) < 4.78 is 10.3. The molecule has 0 bridgehead atoms. The highest BCUT2D eigenvalue weighted by atomic mass is 16.5. The SMILES string of the molecule is CCNC(CCOc1ccc(CO)cc1)C(=O)OC. The van der Waals surface area contributed by atoms with Crippen molar-refractivity contribution in [3.05, 3.63) is 29.8 Å². The zero-order valence-electron chi connectivity index (χ0n) is 11.4. The maximum atomic E-state index is 11.5. The second-order valence-electron chi connectivity index (χ2n) is 4.07. The quantitative estimate of drug-likeness (QED) is 0.690. The molecule has 0 radical (unpaired) electrons. The molecular weight excluding hydrogens is 246 g/mol. The molecule has 0 aromatic heterocycles. The molecule has 0 heterocycles. The fraction of sp³-hybridized carbons (Fsp3) is 0.500. The lowest BCUT2D eigenvalue weighted by molar-refractivity contribution is -0.143. The molecule has 0 fully saturated rings.